The predicted molar refractivity (Wildman–Crippen MR) is 113 cm³/mol. The molecule has 0 saturated heterocycles. The van der Waals surface area contributed by atoms with Crippen LogP contribution in [0.4, 0.5) is 16.2 Å². The minimum atomic E-state index is -0.501. The van der Waals surface area contributed by atoms with Gasteiger partial charge in [0.2, 0.25) is 0 Å². The van der Waals surface area contributed by atoms with Gasteiger partial charge in [-0.3, -0.25) is 0 Å². The minimum absolute atomic E-state index is 0.200. The second-order valence-corrected chi connectivity index (χ2v) is 8.41. The Labute approximate surface area is 171 Å². The van der Waals surface area contributed by atoms with Gasteiger partial charge in [-0.05, 0) is 63.1 Å². The van der Waals surface area contributed by atoms with Gasteiger partial charge >= 0.3 is 6.09 Å². The van der Waals surface area contributed by atoms with E-state index in [-0.39, 0.29) is 12.0 Å². The SMILES string of the molecule is CN(c1ccc(Cl)cc1)c1ccc2c(c1)OCC[C@H]2CNC(=O)OC(C)(C)C. The van der Waals surface area contributed by atoms with Gasteiger partial charge in [-0.2, -0.15) is 0 Å². The van der Waals surface area contributed by atoms with Crippen molar-refractivity contribution < 1.29 is 14.3 Å². The van der Waals surface area contributed by atoms with Gasteiger partial charge in [0.1, 0.15) is 11.4 Å². The molecule has 0 fully saturated rings. The molecule has 1 atom stereocenters. The molecule has 1 heterocycles. The smallest absolute Gasteiger partial charge is 0.407 e. The fourth-order valence-electron chi connectivity index (χ4n) is 3.21. The van der Waals surface area contributed by atoms with Gasteiger partial charge in [-0.1, -0.05) is 17.7 Å². The fourth-order valence-corrected chi connectivity index (χ4v) is 3.33. The number of rotatable bonds is 4. The van der Waals surface area contributed by atoms with Gasteiger partial charge in [-0.15, -0.1) is 0 Å². The van der Waals surface area contributed by atoms with Crippen LogP contribution in [-0.2, 0) is 4.74 Å². The van der Waals surface area contributed by atoms with E-state index in [0.717, 1.165) is 29.1 Å². The molecule has 1 aliphatic heterocycles. The number of halogens is 1. The predicted octanol–water partition coefficient (Wildman–Crippen LogP) is 5.50. The Balaban J connectivity index is 1.71. The van der Waals surface area contributed by atoms with Gasteiger partial charge in [0.25, 0.3) is 0 Å². The summed E-state index contributed by atoms with van der Waals surface area (Å²) >= 11 is 5.98. The quantitative estimate of drug-likeness (QED) is 0.733. The molecule has 6 heteroatoms. The van der Waals surface area contributed by atoms with Crippen LogP contribution in [0, 0.1) is 0 Å². The Morgan fingerprint density at radius 2 is 1.89 bits per heavy atom. The highest BCUT2D eigenvalue weighted by molar-refractivity contribution is 6.30. The summed E-state index contributed by atoms with van der Waals surface area (Å²) in [5.41, 5.74) is 2.68. The highest BCUT2D eigenvalue weighted by atomic mass is 35.5. The summed E-state index contributed by atoms with van der Waals surface area (Å²) in [4.78, 5) is 14.0. The van der Waals surface area contributed by atoms with Crippen LogP contribution >= 0.6 is 11.6 Å². The summed E-state index contributed by atoms with van der Waals surface area (Å²) in [5.74, 6) is 1.06. The second-order valence-electron chi connectivity index (χ2n) is 7.97. The Morgan fingerprint density at radius 1 is 1.21 bits per heavy atom. The molecule has 0 radical (unpaired) electrons. The number of nitrogens with one attached hydrogen (secondary N) is 1. The van der Waals surface area contributed by atoms with Crippen LogP contribution in [0.1, 0.15) is 38.7 Å². The maximum Gasteiger partial charge on any atom is 0.407 e. The maximum absolute atomic E-state index is 12.0. The number of benzene rings is 2. The van der Waals surface area contributed by atoms with Crippen LogP contribution in [0.25, 0.3) is 0 Å². The third kappa shape index (κ3) is 5.10. The normalized spacial score (nSPS) is 16.0. The van der Waals surface area contributed by atoms with Crippen molar-refractivity contribution in [2.45, 2.75) is 38.7 Å². The van der Waals surface area contributed by atoms with Crippen molar-refractivity contribution in [3.05, 3.63) is 53.1 Å². The molecule has 2 aromatic rings. The molecule has 0 saturated carbocycles. The first-order chi connectivity index (χ1) is 13.2. The molecule has 1 amide bonds. The summed E-state index contributed by atoms with van der Waals surface area (Å²) in [6.45, 7) is 6.72. The average Bonchev–Trinajstić information content (AvgIpc) is 2.64. The average molecular weight is 403 g/mol. The van der Waals surface area contributed by atoms with Crippen LogP contribution in [0.3, 0.4) is 0 Å². The third-order valence-corrected chi connectivity index (χ3v) is 4.91. The maximum atomic E-state index is 12.0. The zero-order chi connectivity index (χ0) is 20.3. The molecule has 5 nitrogen and oxygen atoms in total. The Kier molecular flexibility index (Phi) is 6.04. The first-order valence-electron chi connectivity index (χ1n) is 9.46. The minimum Gasteiger partial charge on any atom is -0.493 e. The number of hydrogen-bond donors (Lipinski definition) is 1. The van der Waals surface area contributed by atoms with Gasteiger partial charge < -0.3 is 19.7 Å². The largest absolute Gasteiger partial charge is 0.493 e. The lowest BCUT2D eigenvalue weighted by molar-refractivity contribution is 0.0521. The number of ether oxygens (including phenoxy) is 2. The zero-order valence-electron chi connectivity index (χ0n) is 16.8. The van der Waals surface area contributed by atoms with Gasteiger partial charge in [0.05, 0.1) is 6.61 Å². The molecular formula is C22H27ClN2O3. The number of fused-ring (bicyclic) bond motifs is 1. The van der Waals surface area contributed by atoms with E-state index in [1.807, 2.05) is 58.2 Å². The van der Waals surface area contributed by atoms with E-state index in [1.54, 1.807) is 0 Å². The van der Waals surface area contributed by atoms with Gasteiger partial charge in [0.15, 0.2) is 0 Å². The Bertz CT molecular complexity index is 831. The number of nitrogens with zero attached hydrogens (tertiary/aromatic N) is 1. The summed E-state index contributed by atoms with van der Waals surface area (Å²) in [5, 5.41) is 3.59. The van der Waals surface area contributed by atoms with E-state index in [9.17, 15) is 4.79 Å². The van der Waals surface area contributed by atoms with Crippen molar-refractivity contribution in [1.29, 1.82) is 0 Å². The van der Waals surface area contributed by atoms with Crippen LogP contribution in [0.5, 0.6) is 5.75 Å². The number of hydrogen-bond acceptors (Lipinski definition) is 4. The van der Waals surface area contributed by atoms with Crippen LogP contribution in [-0.4, -0.2) is 31.9 Å². The monoisotopic (exact) mass is 402 g/mol. The number of amides is 1. The highest BCUT2D eigenvalue weighted by Gasteiger charge is 2.24. The highest BCUT2D eigenvalue weighted by Crippen LogP contribution is 2.37. The number of anilines is 2. The molecular weight excluding hydrogens is 376 g/mol. The molecule has 0 spiro atoms. The summed E-state index contributed by atoms with van der Waals surface area (Å²) in [6, 6.07) is 13.9. The van der Waals surface area contributed by atoms with Gasteiger partial charge in [0, 0.05) is 42.0 Å². The van der Waals surface area contributed by atoms with E-state index >= 15 is 0 Å². The molecule has 28 heavy (non-hydrogen) atoms. The molecule has 0 bridgehead atoms. The Hall–Kier alpha value is -2.40. The lowest BCUT2D eigenvalue weighted by Crippen LogP contribution is -2.35. The molecule has 0 aliphatic carbocycles. The molecule has 1 aliphatic rings. The molecule has 1 N–H and O–H groups in total. The first kappa shape index (κ1) is 20.3. The molecule has 3 rings (SSSR count). The van der Waals surface area contributed by atoms with Crippen molar-refractivity contribution in [3.63, 3.8) is 0 Å². The van der Waals surface area contributed by atoms with E-state index < -0.39 is 5.60 Å². The molecule has 2 aromatic carbocycles. The van der Waals surface area contributed by atoms with E-state index in [2.05, 4.69) is 22.3 Å². The van der Waals surface area contributed by atoms with Gasteiger partial charge in [-0.25, -0.2) is 4.79 Å². The van der Waals surface area contributed by atoms with Crippen LogP contribution < -0.4 is 15.0 Å². The van der Waals surface area contributed by atoms with Crippen molar-refractivity contribution in [3.8, 4) is 5.75 Å². The molecule has 150 valence electrons. The van der Waals surface area contributed by atoms with Crippen molar-refractivity contribution in [1.82, 2.24) is 5.32 Å². The summed E-state index contributed by atoms with van der Waals surface area (Å²) in [6.07, 6.45) is 0.467. The van der Waals surface area contributed by atoms with Crippen LogP contribution in [0.2, 0.25) is 5.02 Å². The number of carbonyl (C=O) groups is 1. The number of carbonyl (C=O) groups excluding carboxylic acids is 1. The topological polar surface area (TPSA) is 50.8 Å². The summed E-state index contributed by atoms with van der Waals surface area (Å²) in [7, 11) is 2.01. The van der Waals surface area contributed by atoms with Crippen molar-refractivity contribution in [2.75, 3.05) is 25.1 Å². The van der Waals surface area contributed by atoms with Crippen LogP contribution in [0.15, 0.2) is 42.5 Å². The van der Waals surface area contributed by atoms with E-state index in [4.69, 9.17) is 21.1 Å². The summed E-state index contributed by atoms with van der Waals surface area (Å²) < 4.78 is 11.2. The lowest BCUT2D eigenvalue weighted by Gasteiger charge is -2.28. The number of alkyl carbamates (subject to hydrolysis) is 1. The molecule has 0 unspecified atom stereocenters. The zero-order valence-corrected chi connectivity index (χ0v) is 17.5. The lowest BCUT2D eigenvalue weighted by atomic mass is 9.92. The third-order valence-electron chi connectivity index (χ3n) is 4.65. The fraction of sp³-hybridized carbons (Fsp3) is 0.409. The first-order valence-corrected chi connectivity index (χ1v) is 9.83. The van der Waals surface area contributed by atoms with Crippen molar-refractivity contribution in [2.24, 2.45) is 0 Å². The van der Waals surface area contributed by atoms with E-state index in [0.29, 0.717) is 18.2 Å². The second kappa shape index (κ2) is 8.31. The van der Waals surface area contributed by atoms with Crippen molar-refractivity contribution >= 4 is 29.1 Å². The van der Waals surface area contributed by atoms with E-state index in [1.165, 1.54) is 0 Å². The Morgan fingerprint density at radius 3 is 2.57 bits per heavy atom. The standard InChI is InChI=1S/C22H27ClN2O3/c1-22(2,3)28-21(26)24-14-15-11-12-27-20-13-18(9-10-19(15)20)25(4)17-7-5-16(23)6-8-17/h5-10,13,15H,11-12,14H2,1-4H3,(H,24,26)/t15-/m0/s1. The molecule has 0 aromatic heterocycles.